The Morgan fingerprint density at radius 2 is 1.89 bits per heavy atom. The van der Waals surface area contributed by atoms with E-state index in [1.54, 1.807) is 42.5 Å². The predicted molar refractivity (Wildman–Crippen MR) is 123 cm³/mol. The lowest BCUT2D eigenvalue weighted by atomic mass is 9.80. The molecule has 1 heterocycles. The van der Waals surface area contributed by atoms with Gasteiger partial charge >= 0.3 is 5.97 Å². The average molecular weight is 523 g/mol. The first-order chi connectivity index (χ1) is 16.7. The largest absolute Gasteiger partial charge is 1.00 e. The second kappa shape index (κ2) is 11.5. The monoisotopic (exact) mass is 522 g/mol. The van der Waals surface area contributed by atoms with Crippen molar-refractivity contribution in [3.05, 3.63) is 89.8 Å². The number of aromatic nitrogens is 2. The number of benzene rings is 2. The Labute approximate surface area is 214 Å². The smallest absolute Gasteiger partial charge is 0.343 e. The Balaban J connectivity index is 0.00000361. The molecule has 194 valence electrons. The van der Waals surface area contributed by atoms with Gasteiger partial charge in [0.2, 0.25) is 5.92 Å². The molecule has 2 aromatic carbocycles. The number of halogens is 4. The van der Waals surface area contributed by atoms with Crippen LogP contribution in [0, 0.1) is 18.7 Å². The Bertz CT molecular complexity index is 1150. The van der Waals surface area contributed by atoms with Gasteiger partial charge in [-0.25, -0.2) is 27.1 Å². The molecule has 1 saturated carbocycles. The Hall–Kier alpha value is -2.84. The number of esters is 1. The highest BCUT2D eigenvalue weighted by Gasteiger charge is 2.54. The van der Waals surface area contributed by atoms with Crippen LogP contribution in [0.5, 0.6) is 0 Å². The molecule has 0 bridgehead atoms. The van der Waals surface area contributed by atoms with Gasteiger partial charge in [-0.3, -0.25) is 0 Å². The zero-order valence-corrected chi connectivity index (χ0v) is 20.8. The Morgan fingerprint density at radius 3 is 2.53 bits per heavy atom. The normalized spacial score (nSPS) is 18.3. The zero-order valence-electron chi connectivity index (χ0n) is 20.0. The molecule has 4 rings (SSSR count). The third-order valence-corrected chi connectivity index (χ3v) is 6.82. The summed E-state index contributed by atoms with van der Waals surface area (Å²) in [6.07, 6.45) is 3.48. The van der Waals surface area contributed by atoms with E-state index in [4.69, 9.17) is 4.74 Å². The second-order valence-electron chi connectivity index (χ2n) is 9.21. The minimum Gasteiger partial charge on any atom is -1.00 e. The van der Waals surface area contributed by atoms with Crippen LogP contribution in [0.1, 0.15) is 42.6 Å². The number of carbonyl (C=O) groups excluding carboxylic acids is 1. The molecule has 0 saturated heterocycles. The van der Waals surface area contributed by atoms with Crippen LogP contribution in [0.2, 0.25) is 0 Å². The van der Waals surface area contributed by atoms with Crippen LogP contribution in [-0.4, -0.2) is 28.2 Å². The molecule has 3 aromatic rings. The van der Waals surface area contributed by atoms with Gasteiger partial charge in [0.05, 0.1) is 13.2 Å². The van der Waals surface area contributed by atoms with E-state index in [0.717, 1.165) is 11.4 Å². The molecule has 0 radical (unpaired) electrons. The molecule has 1 N–H and O–H groups in total. The van der Waals surface area contributed by atoms with Crippen molar-refractivity contribution in [1.82, 2.24) is 4.57 Å². The number of hydrogen-bond donors (Lipinski definition) is 1. The van der Waals surface area contributed by atoms with Gasteiger partial charge in [-0.15, -0.1) is 0 Å². The molecule has 0 amide bonds. The van der Waals surface area contributed by atoms with Gasteiger partial charge in [0.1, 0.15) is 24.8 Å². The van der Waals surface area contributed by atoms with Crippen LogP contribution >= 0.6 is 0 Å². The zero-order chi connectivity index (χ0) is 25.1. The number of carbonyl (C=O) groups is 1. The topological polar surface area (TPSA) is 55.3 Å². The lowest BCUT2D eigenvalue weighted by Crippen LogP contribution is -3.00. The SMILES string of the molecule is Cc1n(CCCOC(=O)[C@](O)(c2ccccc2)[C@@H]2CCC(F)(F)C2)cc[n+]1Cc1ccc(F)cc1.[Cl-]. The van der Waals surface area contributed by atoms with E-state index < -0.39 is 29.8 Å². The molecule has 1 aliphatic rings. The number of rotatable bonds is 9. The van der Waals surface area contributed by atoms with Crippen molar-refractivity contribution in [3.63, 3.8) is 0 Å². The molecule has 1 aliphatic carbocycles. The minimum atomic E-state index is -2.90. The molecule has 2 atom stereocenters. The molecule has 9 heteroatoms. The summed E-state index contributed by atoms with van der Waals surface area (Å²) in [5.41, 5.74) is -0.859. The van der Waals surface area contributed by atoms with Crippen LogP contribution in [0.3, 0.4) is 0 Å². The fourth-order valence-electron chi connectivity index (χ4n) is 4.76. The number of hydrogen-bond acceptors (Lipinski definition) is 3. The molecule has 5 nitrogen and oxygen atoms in total. The molecule has 0 spiro atoms. The summed E-state index contributed by atoms with van der Waals surface area (Å²) in [5, 5.41) is 11.4. The summed E-state index contributed by atoms with van der Waals surface area (Å²) in [6, 6.07) is 14.5. The van der Waals surface area contributed by atoms with Crippen molar-refractivity contribution in [2.75, 3.05) is 6.61 Å². The van der Waals surface area contributed by atoms with Gasteiger partial charge in [-0.05, 0) is 29.7 Å². The van der Waals surface area contributed by atoms with Crippen molar-refractivity contribution in [1.29, 1.82) is 0 Å². The molecular weight excluding hydrogens is 493 g/mol. The van der Waals surface area contributed by atoms with Gasteiger partial charge in [-0.1, -0.05) is 42.5 Å². The first-order valence-electron chi connectivity index (χ1n) is 11.8. The number of ether oxygens (including phenoxy) is 1. The molecule has 1 aromatic heterocycles. The maximum absolute atomic E-state index is 13.9. The summed E-state index contributed by atoms with van der Waals surface area (Å²) in [4.78, 5) is 13.0. The maximum atomic E-state index is 13.9. The lowest BCUT2D eigenvalue weighted by Gasteiger charge is -2.32. The highest BCUT2D eigenvalue weighted by Crippen LogP contribution is 2.47. The van der Waals surface area contributed by atoms with Crippen molar-refractivity contribution in [3.8, 4) is 0 Å². The highest BCUT2D eigenvalue weighted by molar-refractivity contribution is 5.81. The van der Waals surface area contributed by atoms with Crippen molar-refractivity contribution < 1.29 is 44.8 Å². The van der Waals surface area contributed by atoms with E-state index >= 15 is 0 Å². The third-order valence-electron chi connectivity index (χ3n) is 6.82. The third kappa shape index (κ3) is 6.10. The van der Waals surface area contributed by atoms with Crippen LogP contribution < -0.4 is 17.0 Å². The van der Waals surface area contributed by atoms with E-state index in [2.05, 4.69) is 0 Å². The fourth-order valence-corrected chi connectivity index (χ4v) is 4.76. The van der Waals surface area contributed by atoms with Crippen LogP contribution in [0.4, 0.5) is 13.2 Å². The predicted octanol–water partition coefficient (Wildman–Crippen LogP) is 1.53. The van der Waals surface area contributed by atoms with Crippen molar-refractivity contribution in [2.45, 2.75) is 57.2 Å². The van der Waals surface area contributed by atoms with Gasteiger partial charge in [0.25, 0.3) is 5.82 Å². The summed E-state index contributed by atoms with van der Waals surface area (Å²) >= 11 is 0. The average Bonchev–Trinajstić information content (AvgIpc) is 3.39. The van der Waals surface area contributed by atoms with Crippen LogP contribution in [0.15, 0.2) is 67.0 Å². The first-order valence-corrected chi connectivity index (χ1v) is 11.8. The summed E-state index contributed by atoms with van der Waals surface area (Å²) in [6.45, 7) is 3.18. The van der Waals surface area contributed by atoms with E-state index in [1.165, 1.54) is 12.1 Å². The fraction of sp³-hybridized carbons (Fsp3) is 0.407. The standard InChI is InChI=1S/C27H30F3N2O3.ClH/c1-20-31(15-16-32(20)19-21-8-10-24(28)11-9-21)14-5-17-35-25(33)27(34,22-6-3-2-4-7-22)23-12-13-26(29,30)18-23;/h2-4,6-11,15-16,23,34H,5,12-14,17-19H2,1H3;1H/q+1;/p-1/t23-,27+;/m1./s1. The van der Waals surface area contributed by atoms with Crippen molar-refractivity contribution in [2.24, 2.45) is 5.92 Å². The van der Waals surface area contributed by atoms with E-state index in [-0.39, 0.29) is 43.2 Å². The summed E-state index contributed by atoms with van der Waals surface area (Å²) in [7, 11) is 0. The minimum absolute atomic E-state index is 0. The highest BCUT2D eigenvalue weighted by atomic mass is 35.5. The van der Waals surface area contributed by atoms with Crippen molar-refractivity contribution >= 4 is 5.97 Å². The van der Waals surface area contributed by atoms with Gasteiger partial charge in [0, 0.05) is 32.1 Å². The number of aliphatic hydroxyl groups is 1. The first kappa shape index (κ1) is 27.7. The number of alkyl halides is 2. The molecule has 0 unspecified atom stereocenters. The van der Waals surface area contributed by atoms with E-state index in [0.29, 0.717) is 19.5 Å². The van der Waals surface area contributed by atoms with Gasteiger partial charge in [0.15, 0.2) is 5.60 Å². The second-order valence-corrected chi connectivity index (χ2v) is 9.21. The molecular formula is C27H30ClF3N2O3. The molecule has 1 fully saturated rings. The van der Waals surface area contributed by atoms with E-state index in [1.807, 2.05) is 28.5 Å². The van der Waals surface area contributed by atoms with Gasteiger partial charge in [-0.2, -0.15) is 0 Å². The number of imidazole rings is 1. The van der Waals surface area contributed by atoms with E-state index in [9.17, 15) is 23.1 Å². The number of aryl methyl sites for hydroxylation is 1. The molecule has 36 heavy (non-hydrogen) atoms. The van der Waals surface area contributed by atoms with Crippen LogP contribution in [0.25, 0.3) is 0 Å². The lowest BCUT2D eigenvalue weighted by molar-refractivity contribution is -0.694. The van der Waals surface area contributed by atoms with Gasteiger partial charge < -0.3 is 22.3 Å². The Kier molecular flexibility index (Phi) is 8.84. The summed E-state index contributed by atoms with van der Waals surface area (Å²) in [5.74, 6) is -3.99. The maximum Gasteiger partial charge on any atom is 0.343 e. The molecule has 0 aliphatic heterocycles. The number of nitrogens with zero attached hydrogens (tertiary/aromatic N) is 2. The quantitative estimate of drug-likeness (QED) is 0.263. The van der Waals surface area contributed by atoms with Crippen LogP contribution in [-0.2, 0) is 28.2 Å². The summed E-state index contributed by atoms with van der Waals surface area (Å²) < 4.78 is 50.4. The Morgan fingerprint density at radius 1 is 1.19 bits per heavy atom.